The maximum atomic E-state index is 11.1. The van der Waals surface area contributed by atoms with Gasteiger partial charge in [-0.15, -0.1) is 0 Å². The van der Waals surface area contributed by atoms with Gasteiger partial charge in [-0.1, -0.05) is 29.0 Å². The van der Waals surface area contributed by atoms with Crippen LogP contribution in [-0.4, -0.2) is 27.9 Å². The molecular formula is C21H20N6OS. The Labute approximate surface area is 172 Å². The average Bonchev–Trinajstić information content (AvgIpc) is 3.09. The van der Waals surface area contributed by atoms with Gasteiger partial charge in [0.15, 0.2) is 5.13 Å². The molecule has 7 nitrogen and oxygen atoms in total. The van der Waals surface area contributed by atoms with Gasteiger partial charge in [-0.25, -0.2) is 15.0 Å². The van der Waals surface area contributed by atoms with Crippen LogP contribution in [0.15, 0.2) is 54.7 Å². The smallest absolute Gasteiger partial charge is 0.221 e. The van der Waals surface area contributed by atoms with Crippen molar-refractivity contribution in [2.24, 2.45) is 5.73 Å². The molecule has 1 amide bonds. The summed E-state index contributed by atoms with van der Waals surface area (Å²) in [5, 5.41) is 3.87. The number of primary amides is 1. The first-order valence-electron chi connectivity index (χ1n) is 9.06. The van der Waals surface area contributed by atoms with Crippen LogP contribution in [-0.2, 0) is 11.2 Å². The molecule has 0 saturated heterocycles. The largest absolute Gasteiger partial charge is 0.369 e. The number of nitrogens with zero attached hydrogens (tertiary/aromatic N) is 4. The van der Waals surface area contributed by atoms with Gasteiger partial charge in [-0.2, -0.15) is 0 Å². The van der Waals surface area contributed by atoms with E-state index in [0.29, 0.717) is 10.9 Å². The second kappa shape index (κ2) is 7.84. The molecule has 8 heteroatoms. The highest BCUT2D eigenvalue weighted by Crippen LogP contribution is 2.30. The number of amides is 1. The third kappa shape index (κ3) is 4.33. The van der Waals surface area contributed by atoms with Crippen LogP contribution in [0.4, 0.5) is 22.5 Å². The number of aromatic nitrogens is 3. The van der Waals surface area contributed by atoms with Gasteiger partial charge >= 0.3 is 0 Å². The molecule has 4 rings (SSSR count). The first-order valence-corrected chi connectivity index (χ1v) is 9.88. The Morgan fingerprint density at radius 3 is 2.69 bits per heavy atom. The van der Waals surface area contributed by atoms with E-state index in [1.165, 1.54) is 16.9 Å². The van der Waals surface area contributed by atoms with E-state index in [0.717, 1.165) is 27.4 Å². The molecule has 0 aliphatic heterocycles. The van der Waals surface area contributed by atoms with Crippen molar-refractivity contribution in [1.29, 1.82) is 0 Å². The molecule has 0 spiro atoms. The van der Waals surface area contributed by atoms with E-state index in [4.69, 9.17) is 10.7 Å². The molecule has 0 radical (unpaired) electrons. The number of carbonyl (C=O) groups is 1. The Kier molecular flexibility index (Phi) is 5.09. The minimum atomic E-state index is -0.378. The average molecular weight is 404 g/mol. The van der Waals surface area contributed by atoms with Crippen LogP contribution in [0.2, 0.25) is 0 Å². The van der Waals surface area contributed by atoms with Crippen LogP contribution in [0, 0.1) is 6.92 Å². The van der Waals surface area contributed by atoms with Crippen LogP contribution in [0.3, 0.4) is 0 Å². The Bertz CT molecular complexity index is 1170. The maximum absolute atomic E-state index is 11.1. The van der Waals surface area contributed by atoms with E-state index >= 15 is 0 Å². The zero-order chi connectivity index (χ0) is 20.4. The number of hydrogen-bond donors (Lipinski definition) is 2. The zero-order valence-electron chi connectivity index (χ0n) is 16.1. The van der Waals surface area contributed by atoms with E-state index < -0.39 is 0 Å². The van der Waals surface area contributed by atoms with E-state index in [1.54, 1.807) is 18.3 Å². The number of anilines is 4. The van der Waals surface area contributed by atoms with Gasteiger partial charge in [-0.3, -0.25) is 4.79 Å². The summed E-state index contributed by atoms with van der Waals surface area (Å²) in [5.74, 6) is 1.08. The van der Waals surface area contributed by atoms with Crippen molar-refractivity contribution in [1.82, 2.24) is 15.0 Å². The highest BCUT2D eigenvalue weighted by molar-refractivity contribution is 7.21. The van der Waals surface area contributed by atoms with Gasteiger partial charge in [0.25, 0.3) is 0 Å². The topological polar surface area (TPSA) is 97.0 Å². The van der Waals surface area contributed by atoms with Gasteiger partial charge in [0.1, 0.15) is 22.0 Å². The number of nitrogens with one attached hydrogen (secondary N) is 1. The van der Waals surface area contributed by atoms with E-state index in [-0.39, 0.29) is 12.3 Å². The molecule has 3 N–H and O–H groups in total. The summed E-state index contributed by atoms with van der Waals surface area (Å²) in [4.78, 5) is 27.6. The number of rotatable bonds is 6. The summed E-state index contributed by atoms with van der Waals surface area (Å²) in [6.07, 6.45) is 1.81. The van der Waals surface area contributed by atoms with Gasteiger partial charge in [0.05, 0.1) is 6.42 Å². The molecule has 0 bridgehead atoms. The summed E-state index contributed by atoms with van der Waals surface area (Å²) < 4.78 is 0. The molecule has 0 atom stereocenters. The minimum Gasteiger partial charge on any atom is -0.369 e. The van der Waals surface area contributed by atoms with Crippen molar-refractivity contribution in [3.8, 4) is 0 Å². The highest BCUT2D eigenvalue weighted by atomic mass is 32.1. The van der Waals surface area contributed by atoms with Crippen LogP contribution in [0.5, 0.6) is 0 Å². The van der Waals surface area contributed by atoms with E-state index in [1.807, 2.05) is 24.1 Å². The van der Waals surface area contributed by atoms with Crippen LogP contribution in [0.25, 0.3) is 10.3 Å². The molecule has 1 aromatic carbocycles. The second-order valence-corrected chi connectivity index (χ2v) is 7.70. The number of fused-ring (bicyclic) bond motifs is 1. The van der Waals surface area contributed by atoms with E-state index in [9.17, 15) is 4.79 Å². The molecule has 3 aromatic heterocycles. The molecule has 3 heterocycles. The van der Waals surface area contributed by atoms with Crippen molar-refractivity contribution in [3.63, 3.8) is 0 Å². The molecule has 29 heavy (non-hydrogen) atoms. The molecule has 0 aliphatic rings. The molecule has 0 aliphatic carbocycles. The quantitative estimate of drug-likeness (QED) is 0.505. The van der Waals surface area contributed by atoms with Crippen molar-refractivity contribution < 1.29 is 4.79 Å². The Morgan fingerprint density at radius 2 is 1.93 bits per heavy atom. The lowest BCUT2D eigenvalue weighted by Gasteiger charge is -2.18. The summed E-state index contributed by atoms with van der Waals surface area (Å²) in [6, 6.07) is 15.8. The lowest BCUT2D eigenvalue weighted by Crippen LogP contribution is -2.13. The van der Waals surface area contributed by atoms with E-state index in [2.05, 4.69) is 46.5 Å². The first-order chi connectivity index (χ1) is 14.0. The first kappa shape index (κ1) is 18.8. The normalized spacial score (nSPS) is 10.8. The molecule has 0 unspecified atom stereocenters. The van der Waals surface area contributed by atoms with Crippen LogP contribution >= 0.6 is 11.3 Å². The number of hydrogen-bond acceptors (Lipinski definition) is 7. The fraction of sp³-hybridized carbons (Fsp3) is 0.143. The van der Waals surface area contributed by atoms with Crippen molar-refractivity contribution in [2.75, 3.05) is 17.3 Å². The highest BCUT2D eigenvalue weighted by Gasteiger charge is 2.11. The Balaban J connectivity index is 1.57. The predicted octanol–water partition coefficient (Wildman–Crippen LogP) is 3.93. The number of carbonyl (C=O) groups excluding carboxylic acids is 1. The number of pyridine rings is 2. The summed E-state index contributed by atoms with van der Waals surface area (Å²) in [6.45, 7) is 2.07. The lowest BCUT2D eigenvalue weighted by molar-refractivity contribution is -0.117. The van der Waals surface area contributed by atoms with Crippen molar-refractivity contribution >= 4 is 50.0 Å². The number of thiazole rings is 1. The summed E-state index contributed by atoms with van der Waals surface area (Å²) >= 11 is 1.45. The van der Waals surface area contributed by atoms with Gasteiger partial charge in [-0.05, 0) is 48.9 Å². The number of aryl methyl sites for hydroxylation is 1. The molecular weight excluding hydrogens is 384 g/mol. The van der Waals surface area contributed by atoms with Crippen molar-refractivity contribution in [2.45, 2.75) is 13.3 Å². The van der Waals surface area contributed by atoms with Gasteiger partial charge in [0.2, 0.25) is 5.91 Å². The molecule has 4 aromatic rings. The summed E-state index contributed by atoms with van der Waals surface area (Å²) in [7, 11) is 1.99. The zero-order valence-corrected chi connectivity index (χ0v) is 16.9. The number of benzene rings is 1. The minimum absolute atomic E-state index is 0.174. The Hall–Kier alpha value is -3.52. The lowest BCUT2D eigenvalue weighted by atomic mass is 10.2. The fourth-order valence-corrected chi connectivity index (χ4v) is 3.75. The third-order valence-corrected chi connectivity index (χ3v) is 5.32. The Morgan fingerprint density at radius 1 is 1.14 bits per heavy atom. The fourth-order valence-electron chi connectivity index (χ4n) is 2.91. The maximum Gasteiger partial charge on any atom is 0.221 e. The van der Waals surface area contributed by atoms with Crippen molar-refractivity contribution in [3.05, 3.63) is 65.9 Å². The number of nitrogens with two attached hydrogens (primary N) is 1. The predicted molar refractivity (Wildman–Crippen MR) is 117 cm³/mol. The van der Waals surface area contributed by atoms with Crippen LogP contribution < -0.4 is 16.0 Å². The molecule has 0 saturated carbocycles. The van der Waals surface area contributed by atoms with Crippen LogP contribution in [0.1, 0.15) is 11.1 Å². The second-order valence-electron chi connectivity index (χ2n) is 6.72. The standard InChI is InChI=1S/C21H20N6OS/c1-13-3-5-15(6-4-13)27(2)19-8-7-16-20(26-19)29-21(24-16)25-18-12-14(9-10-23-18)11-17(22)28/h3-10,12H,11H2,1-2H3,(H2,22,28)(H,23,24,25). The van der Waals surface area contributed by atoms with Gasteiger partial charge in [0, 0.05) is 18.9 Å². The monoisotopic (exact) mass is 404 g/mol. The molecule has 146 valence electrons. The van der Waals surface area contributed by atoms with Gasteiger partial charge < -0.3 is 16.0 Å². The third-order valence-electron chi connectivity index (χ3n) is 4.44. The molecule has 0 fully saturated rings. The summed E-state index contributed by atoms with van der Waals surface area (Å²) in [5.41, 5.74) is 9.17. The SMILES string of the molecule is Cc1ccc(N(C)c2ccc3nc(Nc4cc(CC(N)=O)ccn4)sc3n2)cc1.